The maximum Gasteiger partial charge on any atom is 0.331 e. The molecule has 5 unspecified atom stereocenters. The number of Topliss-reactive ketones (excluding diaryl/α,β-unsaturated/α-hetero) is 1. The maximum atomic E-state index is 13.3. The smallest absolute Gasteiger partial charge is 0.331 e. The van der Waals surface area contributed by atoms with Crippen molar-refractivity contribution >= 4 is 11.8 Å². The van der Waals surface area contributed by atoms with Crippen LogP contribution in [0, 0.1) is 23.2 Å². The molecule has 2 spiro atoms. The first-order valence-corrected chi connectivity index (χ1v) is 12.1. The predicted molar refractivity (Wildman–Crippen MR) is 111 cm³/mol. The SMILES string of the molecule is C/C=C/C=C/C(=O)OC1CCC2C[C@H]3N(CC4CC4)C45CC(=O)[C@@H]6OC1C2[C@]6(C4)[C@]35O. The van der Waals surface area contributed by atoms with Crippen molar-refractivity contribution in [3.8, 4) is 0 Å². The first-order chi connectivity index (χ1) is 15.0. The van der Waals surface area contributed by atoms with Crippen molar-refractivity contribution in [1.29, 1.82) is 0 Å². The number of allylic oxidation sites excluding steroid dienone is 3. The standard InChI is InChI=1S/C25H31NO5/c1-2-3-4-5-19(28)30-17-9-8-15-10-18-25(29)23(26(18)12-14-6-7-14)11-16(27)22-24(25,13-23)20(15)21(17)31-22/h2-5,14-15,17-18,20-22,29H,6-13H2,1H3/b3-2+,5-4+/t15?,17?,18-,20?,21?,22+,23?,24+,25+/m1/s1. The van der Waals surface area contributed by atoms with E-state index in [1.165, 1.54) is 18.9 Å². The third-order valence-electron chi connectivity index (χ3n) is 10.1. The molecule has 6 nitrogen and oxygen atoms in total. The largest absolute Gasteiger partial charge is 0.456 e. The zero-order valence-electron chi connectivity index (χ0n) is 18.0. The Bertz CT molecular complexity index is 925. The number of ketones is 1. The van der Waals surface area contributed by atoms with Gasteiger partial charge in [-0.3, -0.25) is 9.69 Å². The number of rotatable bonds is 5. The van der Waals surface area contributed by atoms with Gasteiger partial charge < -0.3 is 14.6 Å². The highest BCUT2D eigenvalue weighted by Crippen LogP contribution is 2.83. The minimum absolute atomic E-state index is 0.116. The van der Waals surface area contributed by atoms with Gasteiger partial charge in [-0.15, -0.1) is 0 Å². The summed E-state index contributed by atoms with van der Waals surface area (Å²) in [4.78, 5) is 28.2. The van der Waals surface area contributed by atoms with Crippen molar-refractivity contribution in [2.75, 3.05) is 6.54 Å². The second kappa shape index (κ2) is 5.89. The summed E-state index contributed by atoms with van der Waals surface area (Å²) in [5.41, 5.74) is -1.62. The Labute approximate surface area is 182 Å². The fourth-order valence-corrected chi connectivity index (χ4v) is 9.04. The minimum Gasteiger partial charge on any atom is -0.456 e. The summed E-state index contributed by atoms with van der Waals surface area (Å²) in [6.07, 6.45) is 12.2. The molecule has 2 bridgehead atoms. The molecule has 7 aliphatic rings. The summed E-state index contributed by atoms with van der Waals surface area (Å²) in [5.74, 6) is 1.09. The molecule has 166 valence electrons. The Hall–Kier alpha value is -1.50. The zero-order chi connectivity index (χ0) is 21.2. The molecule has 0 aromatic rings. The van der Waals surface area contributed by atoms with E-state index in [0.717, 1.165) is 38.1 Å². The molecule has 6 heteroatoms. The number of hydrogen-bond acceptors (Lipinski definition) is 6. The molecule has 9 atom stereocenters. The van der Waals surface area contributed by atoms with Gasteiger partial charge in [-0.25, -0.2) is 4.79 Å². The average molecular weight is 426 g/mol. The molecular weight excluding hydrogens is 394 g/mol. The molecule has 2 aliphatic heterocycles. The summed E-state index contributed by atoms with van der Waals surface area (Å²) in [6.45, 7) is 2.94. The highest BCUT2D eigenvalue weighted by Gasteiger charge is 2.96. The van der Waals surface area contributed by atoms with Crippen LogP contribution in [0.5, 0.6) is 0 Å². The Kier molecular flexibility index (Phi) is 3.61. The number of carbonyl (C=O) groups excluding carboxylic acids is 2. The van der Waals surface area contributed by atoms with Crippen molar-refractivity contribution in [2.24, 2.45) is 23.2 Å². The fraction of sp³-hybridized carbons (Fsp3) is 0.760. The number of esters is 1. The van der Waals surface area contributed by atoms with Crippen LogP contribution >= 0.6 is 0 Å². The van der Waals surface area contributed by atoms with E-state index in [1.807, 2.05) is 13.0 Å². The van der Waals surface area contributed by atoms with Gasteiger partial charge in [0.05, 0.1) is 11.6 Å². The van der Waals surface area contributed by atoms with Crippen LogP contribution in [-0.4, -0.2) is 63.8 Å². The topological polar surface area (TPSA) is 76.1 Å². The lowest BCUT2D eigenvalue weighted by Gasteiger charge is -2.88. The Morgan fingerprint density at radius 1 is 1.29 bits per heavy atom. The second-order valence-corrected chi connectivity index (χ2v) is 11.2. The van der Waals surface area contributed by atoms with Crippen LogP contribution in [0.15, 0.2) is 24.3 Å². The molecule has 1 N–H and O–H groups in total. The van der Waals surface area contributed by atoms with E-state index in [9.17, 15) is 14.7 Å². The van der Waals surface area contributed by atoms with Gasteiger partial charge in [0.2, 0.25) is 0 Å². The monoisotopic (exact) mass is 425 g/mol. The van der Waals surface area contributed by atoms with Gasteiger partial charge in [-0.05, 0) is 57.3 Å². The first kappa shape index (κ1) is 19.0. The molecule has 0 aromatic heterocycles. The van der Waals surface area contributed by atoms with Crippen LogP contribution in [-0.2, 0) is 19.1 Å². The molecule has 0 aromatic carbocycles. The Morgan fingerprint density at radius 3 is 2.90 bits per heavy atom. The minimum atomic E-state index is -0.804. The van der Waals surface area contributed by atoms with E-state index in [-0.39, 0.29) is 41.5 Å². The average Bonchev–Trinajstić information content (AvgIpc) is 3.49. The lowest BCUT2D eigenvalue weighted by molar-refractivity contribution is -0.433. The van der Waals surface area contributed by atoms with Crippen LogP contribution in [0.3, 0.4) is 0 Å². The van der Waals surface area contributed by atoms with Crippen molar-refractivity contribution in [2.45, 2.75) is 87.4 Å². The van der Waals surface area contributed by atoms with Crippen molar-refractivity contribution < 1.29 is 24.2 Å². The van der Waals surface area contributed by atoms with Gasteiger partial charge in [0.1, 0.15) is 17.8 Å². The lowest BCUT2D eigenvalue weighted by atomic mass is 9.26. The van der Waals surface area contributed by atoms with E-state index >= 15 is 0 Å². The van der Waals surface area contributed by atoms with E-state index in [4.69, 9.17) is 9.47 Å². The molecule has 7 fully saturated rings. The van der Waals surface area contributed by atoms with E-state index in [2.05, 4.69) is 4.90 Å². The molecule has 2 heterocycles. The fourth-order valence-electron chi connectivity index (χ4n) is 9.04. The van der Waals surface area contributed by atoms with Gasteiger partial charge in [0.15, 0.2) is 5.78 Å². The van der Waals surface area contributed by atoms with Crippen molar-refractivity contribution in [1.82, 2.24) is 4.90 Å². The van der Waals surface area contributed by atoms with E-state index in [0.29, 0.717) is 12.3 Å². The third kappa shape index (κ3) is 1.98. The number of hydrogen-bond donors (Lipinski definition) is 1. The summed E-state index contributed by atoms with van der Waals surface area (Å²) in [7, 11) is 0. The first-order valence-electron chi connectivity index (χ1n) is 12.1. The molecule has 31 heavy (non-hydrogen) atoms. The number of aliphatic hydroxyl groups is 1. The van der Waals surface area contributed by atoms with Crippen molar-refractivity contribution in [3.05, 3.63) is 24.3 Å². The van der Waals surface area contributed by atoms with Crippen LogP contribution in [0.25, 0.3) is 0 Å². The summed E-state index contributed by atoms with van der Waals surface area (Å²) >= 11 is 0. The third-order valence-corrected chi connectivity index (χ3v) is 10.1. The molecule has 0 amide bonds. The summed E-state index contributed by atoms with van der Waals surface area (Å²) in [6, 6.07) is 0.170. The van der Waals surface area contributed by atoms with Crippen LogP contribution in [0.4, 0.5) is 0 Å². The van der Waals surface area contributed by atoms with Crippen LogP contribution < -0.4 is 0 Å². The molecule has 5 aliphatic carbocycles. The van der Waals surface area contributed by atoms with Gasteiger partial charge in [-0.1, -0.05) is 18.2 Å². The molecule has 0 radical (unpaired) electrons. The molecule has 5 saturated carbocycles. The highest BCUT2D eigenvalue weighted by atomic mass is 16.6. The number of nitrogens with zero attached hydrogens (tertiary/aromatic N) is 1. The number of piperidine rings is 1. The van der Waals surface area contributed by atoms with E-state index in [1.54, 1.807) is 12.2 Å². The molecule has 7 rings (SSSR count). The van der Waals surface area contributed by atoms with Gasteiger partial charge >= 0.3 is 5.97 Å². The summed E-state index contributed by atoms with van der Waals surface area (Å²) in [5, 5.41) is 12.2. The van der Waals surface area contributed by atoms with Gasteiger partial charge in [-0.2, -0.15) is 0 Å². The summed E-state index contributed by atoms with van der Waals surface area (Å²) < 4.78 is 12.3. The number of likely N-dealkylation sites (tertiary alicyclic amines) is 1. The van der Waals surface area contributed by atoms with Crippen molar-refractivity contribution in [3.63, 3.8) is 0 Å². The highest BCUT2D eigenvalue weighted by molar-refractivity contribution is 5.91. The predicted octanol–water partition coefficient (Wildman–Crippen LogP) is 2.15. The van der Waals surface area contributed by atoms with Crippen LogP contribution in [0.1, 0.15) is 51.9 Å². The van der Waals surface area contributed by atoms with Gasteiger partial charge in [0, 0.05) is 36.4 Å². The quantitative estimate of drug-likeness (QED) is 0.413. The number of ether oxygens (including phenoxy) is 2. The number of carbonyl (C=O) groups is 2. The molecular formula is C25H31NO5. The van der Waals surface area contributed by atoms with E-state index < -0.39 is 17.1 Å². The normalized spacial score (nSPS) is 53.9. The zero-order valence-corrected chi connectivity index (χ0v) is 18.0. The second-order valence-electron chi connectivity index (χ2n) is 11.2. The Balaban J connectivity index is 1.21. The van der Waals surface area contributed by atoms with Crippen LogP contribution in [0.2, 0.25) is 0 Å². The maximum absolute atomic E-state index is 13.3. The molecule has 2 saturated heterocycles. The lowest BCUT2D eigenvalue weighted by Crippen LogP contribution is -3.02. The van der Waals surface area contributed by atoms with Gasteiger partial charge in [0.25, 0.3) is 0 Å². The Morgan fingerprint density at radius 2 is 2.13 bits per heavy atom.